The summed E-state index contributed by atoms with van der Waals surface area (Å²) in [5, 5.41) is 4.14. The number of rotatable bonds is 2. The van der Waals surface area contributed by atoms with E-state index >= 15 is 0 Å². The molecule has 0 radical (unpaired) electrons. The number of aryl methyl sites for hydroxylation is 1. The monoisotopic (exact) mass is 411 g/mol. The number of likely N-dealkylation sites (tertiary alicyclic amines) is 2. The summed E-state index contributed by atoms with van der Waals surface area (Å²) in [5.74, 6) is 0.772. The third-order valence-electron chi connectivity index (χ3n) is 5.86. The van der Waals surface area contributed by atoms with Crippen molar-refractivity contribution in [2.75, 3.05) is 26.2 Å². The van der Waals surface area contributed by atoms with Gasteiger partial charge < -0.3 is 14.5 Å². The van der Waals surface area contributed by atoms with Crippen LogP contribution in [0.2, 0.25) is 0 Å². The van der Waals surface area contributed by atoms with E-state index in [1.807, 2.05) is 50.8 Å². The van der Waals surface area contributed by atoms with Crippen LogP contribution in [0.1, 0.15) is 43.1 Å². The third kappa shape index (κ3) is 4.17. The smallest absolute Gasteiger partial charge is 0.410 e. The first-order chi connectivity index (χ1) is 14.2. The predicted octanol–water partition coefficient (Wildman–Crippen LogP) is 2.90. The molecule has 4 rings (SSSR count). The molecule has 1 aromatic carbocycles. The first-order valence-electron chi connectivity index (χ1n) is 10.4. The maximum Gasteiger partial charge on any atom is 0.410 e. The minimum absolute atomic E-state index is 0.0480. The zero-order valence-electron chi connectivity index (χ0n) is 18.0. The van der Waals surface area contributed by atoms with Gasteiger partial charge in [-0.25, -0.2) is 14.5 Å². The lowest BCUT2D eigenvalue weighted by Crippen LogP contribution is -2.43. The molecule has 0 aliphatic carbocycles. The Labute approximate surface area is 176 Å². The van der Waals surface area contributed by atoms with Gasteiger partial charge in [0.2, 0.25) is 0 Å². The lowest BCUT2D eigenvalue weighted by atomic mass is 9.88. The van der Waals surface area contributed by atoms with Crippen molar-refractivity contribution >= 4 is 12.0 Å². The standard InChI is InChI=1S/C22H29N5O3/c1-15-9-18(27-14-23-13-24-27)5-6-19(15)20(28)25-8-7-16-10-26(12-17(16)11-25)21(29)30-22(2,3)4/h5-6,9,13-14,16-17H,7-8,10-12H2,1-4H3/t16-,17+/m0/s1. The number of nitrogens with zero attached hydrogens (tertiary/aromatic N) is 5. The highest BCUT2D eigenvalue weighted by Crippen LogP contribution is 2.33. The van der Waals surface area contributed by atoms with Gasteiger partial charge >= 0.3 is 6.09 Å². The van der Waals surface area contributed by atoms with Crippen molar-refractivity contribution in [3.8, 4) is 5.69 Å². The minimum atomic E-state index is -0.497. The fourth-order valence-electron chi connectivity index (χ4n) is 4.37. The molecule has 2 aromatic rings. The maximum atomic E-state index is 13.2. The number of benzene rings is 1. The van der Waals surface area contributed by atoms with Crippen molar-refractivity contribution in [1.82, 2.24) is 24.6 Å². The molecule has 160 valence electrons. The number of ether oxygens (including phenoxy) is 1. The number of hydrogen-bond acceptors (Lipinski definition) is 5. The zero-order valence-corrected chi connectivity index (χ0v) is 18.0. The number of carbonyl (C=O) groups is 2. The molecule has 2 fully saturated rings. The summed E-state index contributed by atoms with van der Waals surface area (Å²) >= 11 is 0. The normalized spacial score (nSPS) is 21.5. The van der Waals surface area contributed by atoms with E-state index in [1.54, 1.807) is 15.9 Å². The molecule has 3 heterocycles. The van der Waals surface area contributed by atoms with Gasteiger partial charge in [0.05, 0.1) is 5.69 Å². The molecule has 2 amide bonds. The molecular weight excluding hydrogens is 382 g/mol. The average Bonchev–Trinajstić information content (AvgIpc) is 3.35. The number of aromatic nitrogens is 3. The summed E-state index contributed by atoms with van der Waals surface area (Å²) in [4.78, 5) is 33.3. The molecule has 0 bridgehead atoms. The highest BCUT2D eigenvalue weighted by molar-refractivity contribution is 5.96. The van der Waals surface area contributed by atoms with Crippen molar-refractivity contribution in [3.05, 3.63) is 42.0 Å². The van der Waals surface area contributed by atoms with Crippen LogP contribution in [0, 0.1) is 18.8 Å². The van der Waals surface area contributed by atoms with Gasteiger partial charge in [-0.05, 0) is 69.7 Å². The van der Waals surface area contributed by atoms with Gasteiger partial charge in [0.25, 0.3) is 5.91 Å². The maximum absolute atomic E-state index is 13.2. The van der Waals surface area contributed by atoms with E-state index in [0.717, 1.165) is 17.7 Å². The molecular formula is C22H29N5O3. The van der Waals surface area contributed by atoms with Crippen LogP contribution >= 0.6 is 0 Å². The molecule has 30 heavy (non-hydrogen) atoms. The summed E-state index contributed by atoms with van der Waals surface area (Å²) in [6.07, 6.45) is 3.78. The van der Waals surface area contributed by atoms with Crippen molar-refractivity contribution < 1.29 is 14.3 Å². The predicted molar refractivity (Wildman–Crippen MR) is 111 cm³/mol. The second-order valence-electron chi connectivity index (χ2n) is 9.28. The van der Waals surface area contributed by atoms with E-state index in [0.29, 0.717) is 43.6 Å². The Kier molecular flexibility index (Phi) is 5.26. The second-order valence-corrected chi connectivity index (χ2v) is 9.28. The van der Waals surface area contributed by atoms with Crippen LogP contribution < -0.4 is 0 Å². The fraction of sp³-hybridized carbons (Fsp3) is 0.545. The van der Waals surface area contributed by atoms with Crippen LogP contribution in [-0.2, 0) is 4.74 Å². The van der Waals surface area contributed by atoms with E-state index in [1.165, 1.54) is 6.33 Å². The quantitative estimate of drug-likeness (QED) is 0.759. The Balaban J connectivity index is 1.42. The SMILES string of the molecule is Cc1cc(-n2cncn2)ccc1C(=O)N1CC[C@H]2CN(C(=O)OC(C)(C)C)C[C@H]2C1. The fourth-order valence-corrected chi connectivity index (χ4v) is 4.37. The second kappa shape index (κ2) is 7.74. The van der Waals surface area contributed by atoms with Gasteiger partial charge in [0.1, 0.15) is 18.3 Å². The number of piperidine rings is 1. The highest BCUT2D eigenvalue weighted by Gasteiger charge is 2.41. The topological polar surface area (TPSA) is 80.6 Å². The van der Waals surface area contributed by atoms with E-state index in [9.17, 15) is 9.59 Å². The molecule has 2 aliphatic rings. The molecule has 0 unspecified atom stereocenters. The molecule has 1 aromatic heterocycles. The highest BCUT2D eigenvalue weighted by atomic mass is 16.6. The number of amides is 2. The zero-order chi connectivity index (χ0) is 21.5. The number of carbonyl (C=O) groups excluding carboxylic acids is 2. The summed E-state index contributed by atoms with van der Waals surface area (Å²) in [6, 6.07) is 5.71. The van der Waals surface area contributed by atoms with Crippen molar-refractivity contribution in [2.24, 2.45) is 11.8 Å². The number of fused-ring (bicyclic) bond motifs is 1. The first-order valence-corrected chi connectivity index (χ1v) is 10.4. The van der Waals surface area contributed by atoms with Crippen molar-refractivity contribution in [3.63, 3.8) is 0 Å². The van der Waals surface area contributed by atoms with Crippen LogP contribution in [0.25, 0.3) is 5.69 Å². The van der Waals surface area contributed by atoms with Gasteiger partial charge in [-0.2, -0.15) is 5.10 Å². The molecule has 8 heteroatoms. The molecule has 2 atom stereocenters. The van der Waals surface area contributed by atoms with Gasteiger partial charge in [-0.3, -0.25) is 4.79 Å². The summed E-state index contributed by atoms with van der Waals surface area (Å²) in [6.45, 7) is 10.3. The van der Waals surface area contributed by atoms with Crippen LogP contribution in [0.3, 0.4) is 0 Å². The largest absolute Gasteiger partial charge is 0.444 e. The van der Waals surface area contributed by atoms with Gasteiger partial charge in [-0.1, -0.05) is 0 Å². The molecule has 2 saturated heterocycles. The summed E-state index contributed by atoms with van der Waals surface area (Å²) < 4.78 is 7.20. The summed E-state index contributed by atoms with van der Waals surface area (Å²) in [5.41, 5.74) is 2.00. The Hall–Kier alpha value is -2.90. The van der Waals surface area contributed by atoms with Crippen LogP contribution in [0.4, 0.5) is 4.79 Å². The lowest BCUT2D eigenvalue weighted by molar-refractivity contribution is 0.0284. The molecule has 0 saturated carbocycles. The van der Waals surface area contributed by atoms with Crippen LogP contribution in [-0.4, -0.2) is 68.3 Å². The molecule has 0 spiro atoms. The van der Waals surface area contributed by atoms with Crippen molar-refractivity contribution in [2.45, 2.75) is 39.7 Å². The molecule has 2 aliphatic heterocycles. The first kappa shape index (κ1) is 20.4. The minimum Gasteiger partial charge on any atom is -0.444 e. The van der Waals surface area contributed by atoms with E-state index in [2.05, 4.69) is 10.1 Å². The van der Waals surface area contributed by atoms with E-state index in [4.69, 9.17) is 4.74 Å². The Morgan fingerprint density at radius 2 is 1.83 bits per heavy atom. The van der Waals surface area contributed by atoms with Gasteiger partial charge in [0.15, 0.2) is 0 Å². The third-order valence-corrected chi connectivity index (χ3v) is 5.86. The lowest BCUT2D eigenvalue weighted by Gasteiger charge is -2.34. The van der Waals surface area contributed by atoms with Crippen LogP contribution in [0.15, 0.2) is 30.9 Å². The summed E-state index contributed by atoms with van der Waals surface area (Å²) in [7, 11) is 0. The van der Waals surface area contributed by atoms with E-state index < -0.39 is 5.60 Å². The van der Waals surface area contributed by atoms with Crippen molar-refractivity contribution in [1.29, 1.82) is 0 Å². The van der Waals surface area contributed by atoms with E-state index in [-0.39, 0.29) is 12.0 Å². The van der Waals surface area contributed by atoms with Gasteiger partial charge in [0, 0.05) is 31.7 Å². The van der Waals surface area contributed by atoms with Crippen LogP contribution in [0.5, 0.6) is 0 Å². The Morgan fingerprint density at radius 3 is 2.50 bits per heavy atom. The molecule has 8 nitrogen and oxygen atoms in total. The Morgan fingerprint density at radius 1 is 1.10 bits per heavy atom. The average molecular weight is 412 g/mol. The Bertz CT molecular complexity index is 935. The van der Waals surface area contributed by atoms with Gasteiger partial charge in [-0.15, -0.1) is 0 Å². The molecule has 0 N–H and O–H groups in total. The number of hydrogen-bond donors (Lipinski definition) is 0.